The van der Waals surface area contributed by atoms with E-state index in [0.717, 1.165) is 74.0 Å². The fourth-order valence-corrected chi connectivity index (χ4v) is 13.3. The molecule has 0 heterocycles. The molecule has 0 amide bonds. The fraction of sp³-hybridized carbons (Fsp3) is 0.842. The maximum atomic E-state index is 10.4. The zero-order chi connectivity index (χ0) is 29.1. The van der Waals surface area contributed by atoms with E-state index in [9.17, 15) is 10.2 Å². The average molecular weight is 573 g/mol. The van der Waals surface area contributed by atoms with Crippen molar-refractivity contribution in [1.82, 2.24) is 0 Å². The summed E-state index contributed by atoms with van der Waals surface area (Å²) in [5, 5.41) is 31.2. The van der Waals surface area contributed by atoms with Gasteiger partial charge in [-0.25, -0.2) is 0 Å². The topological polar surface area (TPSA) is 65.2 Å². The fourth-order valence-electron chi connectivity index (χ4n) is 13.3. The van der Waals surface area contributed by atoms with Crippen LogP contribution in [-0.2, 0) is 0 Å². The Kier molecular flexibility index (Phi) is 6.47. The van der Waals surface area contributed by atoms with Crippen LogP contribution in [0, 0.1) is 57.2 Å². The summed E-state index contributed by atoms with van der Waals surface area (Å²) in [6.45, 7) is 10.2. The molecule has 0 aromatic heterocycles. The number of nitrogens with zero attached hydrogens (tertiary/aromatic N) is 2. The van der Waals surface area contributed by atoms with Crippen LogP contribution in [0.3, 0.4) is 0 Å². The number of aliphatic hydroxyl groups is 2. The van der Waals surface area contributed by atoms with E-state index in [0.29, 0.717) is 10.8 Å². The van der Waals surface area contributed by atoms with Gasteiger partial charge in [0.05, 0.1) is 12.2 Å². The molecular formula is C38H56N2O2. The van der Waals surface area contributed by atoms with Crippen molar-refractivity contribution < 1.29 is 10.2 Å². The lowest BCUT2D eigenvalue weighted by atomic mass is 9.48. The van der Waals surface area contributed by atoms with Crippen molar-refractivity contribution in [1.29, 1.82) is 0 Å². The Morgan fingerprint density at radius 2 is 0.929 bits per heavy atom. The molecule has 6 saturated carbocycles. The zero-order valence-electron chi connectivity index (χ0n) is 26.9. The quantitative estimate of drug-likeness (QED) is 0.245. The predicted octanol–water partition coefficient (Wildman–Crippen LogP) is 8.43. The van der Waals surface area contributed by atoms with Crippen LogP contribution < -0.4 is 0 Å². The van der Waals surface area contributed by atoms with Gasteiger partial charge in [-0.15, -0.1) is 0 Å². The van der Waals surface area contributed by atoms with Crippen LogP contribution >= 0.6 is 0 Å². The van der Waals surface area contributed by atoms with Gasteiger partial charge in [-0.2, -0.15) is 10.2 Å². The molecule has 42 heavy (non-hydrogen) atoms. The SMILES string of the molecule is C[C@]12CC[C@@H](O)CC1=CC[C@@H]1[C@H]2CC[C@]2(C)/C(=N\N=C3\CC[C@@H]4[C@H]5CC=C6C[C@@H](O)CC[C@]6(C)[C@@H]5CC[C@]34C)CC[C@H]12. The molecule has 8 rings (SSSR count). The lowest BCUT2D eigenvalue weighted by molar-refractivity contribution is -0.0212. The largest absolute Gasteiger partial charge is 0.393 e. The van der Waals surface area contributed by atoms with E-state index in [1.807, 2.05) is 0 Å². The minimum atomic E-state index is -0.123. The highest BCUT2D eigenvalue weighted by atomic mass is 16.3. The highest BCUT2D eigenvalue weighted by Crippen LogP contribution is 2.66. The Balaban J connectivity index is 1.03. The number of fused-ring (bicyclic) bond motifs is 10. The van der Waals surface area contributed by atoms with Crippen LogP contribution in [0.1, 0.15) is 130 Å². The van der Waals surface area contributed by atoms with Gasteiger partial charge in [0.2, 0.25) is 0 Å². The van der Waals surface area contributed by atoms with Gasteiger partial charge in [0.25, 0.3) is 0 Å². The summed E-state index contributed by atoms with van der Waals surface area (Å²) >= 11 is 0. The standard InChI is InChI=1S/C38H56N2O2/c1-35-17-13-25(41)21-23(35)5-7-27-29-9-11-33(37(29,3)19-15-31(27)35)39-40-34-12-10-30-28-8-6-24-22-26(42)14-18-36(24,2)32(28)16-20-38(30,34)4/h5-6,25-32,41-42H,7-22H2,1-4H3/b39-33-,40-34-/t25-,26+,27+,28-,29-,30-,31-,32-,35+,36+,37+,38+/m1/s1. The van der Waals surface area contributed by atoms with Gasteiger partial charge in [-0.1, -0.05) is 51.0 Å². The molecule has 0 aliphatic heterocycles. The minimum absolute atomic E-state index is 0.123. The second-order valence-electron chi connectivity index (χ2n) is 17.4. The predicted molar refractivity (Wildman–Crippen MR) is 170 cm³/mol. The molecule has 4 heteroatoms. The number of rotatable bonds is 1. The highest BCUT2D eigenvalue weighted by molar-refractivity contribution is 5.95. The molecule has 0 bridgehead atoms. The van der Waals surface area contributed by atoms with Crippen molar-refractivity contribution >= 4 is 11.4 Å². The number of hydrogen-bond acceptors (Lipinski definition) is 4. The molecule has 0 aromatic rings. The maximum absolute atomic E-state index is 10.4. The smallest absolute Gasteiger partial charge is 0.0577 e. The summed E-state index contributed by atoms with van der Waals surface area (Å²) in [5.41, 5.74) is 7.00. The van der Waals surface area contributed by atoms with Crippen molar-refractivity contribution in [2.75, 3.05) is 0 Å². The second-order valence-corrected chi connectivity index (χ2v) is 17.4. The summed E-state index contributed by atoms with van der Waals surface area (Å²) < 4.78 is 0. The zero-order valence-corrected chi connectivity index (χ0v) is 26.9. The Hall–Kier alpha value is -1.26. The first-order chi connectivity index (χ1) is 20.1. The van der Waals surface area contributed by atoms with E-state index < -0.39 is 0 Å². The van der Waals surface area contributed by atoms with Crippen molar-refractivity contribution in [2.45, 2.75) is 143 Å². The third kappa shape index (κ3) is 3.85. The molecule has 4 nitrogen and oxygen atoms in total. The van der Waals surface area contributed by atoms with Crippen LogP contribution in [0.4, 0.5) is 0 Å². The third-order valence-electron chi connectivity index (χ3n) is 15.9. The van der Waals surface area contributed by atoms with Crippen LogP contribution in [-0.4, -0.2) is 33.8 Å². The Morgan fingerprint density at radius 1 is 0.548 bits per heavy atom. The Bertz CT molecular complexity index is 1170. The van der Waals surface area contributed by atoms with E-state index in [2.05, 4.69) is 39.8 Å². The molecule has 0 radical (unpaired) electrons. The Morgan fingerprint density at radius 3 is 1.36 bits per heavy atom. The molecule has 0 spiro atoms. The lowest BCUT2D eigenvalue weighted by Crippen LogP contribution is -2.50. The monoisotopic (exact) mass is 572 g/mol. The van der Waals surface area contributed by atoms with Crippen molar-refractivity contribution in [3.63, 3.8) is 0 Å². The number of allylic oxidation sites excluding steroid dienone is 2. The molecule has 2 N–H and O–H groups in total. The molecule has 0 saturated heterocycles. The second kappa shape index (κ2) is 9.62. The summed E-state index contributed by atoms with van der Waals surface area (Å²) in [6.07, 6.45) is 23.4. The van der Waals surface area contributed by atoms with E-state index in [4.69, 9.17) is 10.2 Å². The van der Waals surface area contributed by atoms with Gasteiger partial charge in [-0.3, -0.25) is 0 Å². The van der Waals surface area contributed by atoms with Crippen LogP contribution in [0.5, 0.6) is 0 Å². The van der Waals surface area contributed by atoms with Crippen molar-refractivity contribution in [2.24, 2.45) is 67.4 Å². The first-order valence-corrected chi connectivity index (χ1v) is 18.0. The van der Waals surface area contributed by atoms with Crippen LogP contribution in [0.25, 0.3) is 0 Å². The molecule has 6 fully saturated rings. The van der Waals surface area contributed by atoms with Crippen molar-refractivity contribution in [3.05, 3.63) is 23.3 Å². The molecule has 230 valence electrons. The highest BCUT2D eigenvalue weighted by Gasteiger charge is 2.59. The summed E-state index contributed by atoms with van der Waals surface area (Å²) in [5.74, 6) is 4.55. The van der Waals surface area contributed by atoms with Gasteiger partial charge in [-0.05, 0) is 149 Å². The van der Waals surface area contributed by atoms with Gasteiger partial charge >= 0.3 is 0 Å². The van der Waals surface area contributed by atoms with E-state index in [1.165, 1.54) is 75.6 Å². The van der Waals surface area contributed by atoms with E-state index in [-0.39, 0.29) is 23.0 Å². The number of aliphatic hydroxyl groups excluding tert-OH is 2. The maximum Gasteiger partial charge on any atom is 0.0577 e. The minimum Gasteiger partial charge on any atom is -0.393 e. The Labute approximate surface area is 254 Å². The first kappa shape index (κ1) is 28.2. The molecule has 8 aliphatic rings. The third-order valence-corrected chi connectivity index (χ3v) is 15.9. The summed E-state index contributed by atoms with van der Waals surface area (Å²) in [6, 6.07) is 0. The van der Waals surface area contributed by atoms with Crippen LogP contribution in [0.15, 0.2) is 33.5 Å². The average Bonchev–Trinajstić information content (AvgIpc) is 3.48. The lowest BCUT2D eigenvalue weighted by Gasteiger charge is -2.57. The molecule has 8 aliphatic carbocycles. The van der Waals surface area contributed by atoms with Crippen molar-refractivity contribution in [3.8, 4) is 0 Å². The summed E-state index contributed by atoms with van der Waals surface area (Å²) in [7, 11) is 0. The molecule has 0 unspecified atom stereocenters. The van der Waals surface area contributed by atoms with E-state index >= 15 is 0 Å². The molecular weight excluding hydrogens is 516 g/mol. The van der Waals surface area contributed by atoms with Gasteiger partial charge in [0.1, 0.15) is 0 Å². The molecule has 0 aromatic carbocycles. The van der Waals surface area contributed by atoms with E-state index in [1.54, 1.807) is 11.1 Å². The van der Waals surface area contributed by atoms with Gasteiger partial charge in [0.15, 0.2) is 0 Å². The number of hydrogen-bond donors (Lipinski definition) is 2. The first-order valence-electron chi connectivity index (χ1n) is 18.0. The van der Waals surface area contributed by atoms with Gasteiger partial charge < -0.3 is 10.2 Å². The van der Waals surface area contributed by atoms with Gasteiger partial charge in [0, 0.05) is 22.3 Å². The summed E-state index contributed by atoms with van der Waals surface area (Å²) in [4.78, 5) is 0. The molecule has 12 atom stereocenters. The van der Waals surface area contributed by atoms with Crippen LogP contribution in [0.2, 0.25) is 0 Å². The normalized spacial score (nSPS) is 55.1.